The molecule has 6 nitrogen and oxygen atoms in total. The third-order valence-electron chi connectivity index (χ3n) is 3.65. The highest BCUT2D eigenvalue weighted by molar-refractivity contribution is 6.32. The van der Waals surface area contributed by atoms with Gasteiger partial charge in [-0.25, -0.2) is 14.3 Å². The number of alkyl halides is 3. The molecule has 0 atom stereocenters. The Balaban J connectivity index is 2.33. The predicted octanol–water partition coefficient (Wildman–Crippen LogP) is 3.78. The molecular formula is C17H11ClF3N5O. The van der Waals surface area contributed by atoms with Crippen LogP contribution in [0.4, 0.5) is 19.0 Å². The molecule has 0 aliphatic heterocycles. The number of para-hydroxylation sites is 1. The van der Waals surface area contributed by atoms with E-state index in [9.17, 15) is 18.0 Å². The van der Waals surface area contributed by atoms with Crippen LogP contribution in [-0.4, -0.2) is 21.1 Å². The van der Waals surface area contributed by atoms with Crippen LogP contribution in [0.5, 0.6) is 0 Å². The summed E-state index contributed by atoms with van der Waals surface area (Å²) in [6.45, 7) is 0.176. The SMILES string of the molecule is N#CCCNc1nc(=O)n(-c2ccccc2Cl)c2nc(C(F)(F)F)ccc12. The number of nitriles is 1. The molecule has 1 aromatic carbocycles. The van der Waals surface area contributed by atoms with Crippen molar-refractivity contribution in [3.63, 3.8) is 0 Å². The van der Waals surface area contributed by atoms with Gasteiger partial charge < -0.3 is 5.32 Å². The Morgan fingerprint density at radius 3 is 2.59 bits per heavy atom. The zero-order valence-electron chi connectivity index (χ0n) is 13.6. The number of benzene rings is 1. The maximum Gasteiger partial charge on any atom is 0.433 e. The highest BCUT2D eigenvalue weighted by atomic mass is 35.5. The molecule has 0 radical (unpaired) electrons. The lowest BCUT2D eigenvalue weighted by molar-refractivity contribution is -0.141. The maximum atomic E-state index is 13.1. The van der Waals surface area contributed by atoms with Crippen LogP contribution in [0.25, 0.3) is 16.7 Å². The lowest BCUT2D eigenvalue weighted by atomic mass is 10.2. The number of pyridine rings is 1. The van der Waals surface area contributed by atoms with Gasteiger partial charge in [0.05, 0.1) is 28.6 Å². The number of hydrogen-bond acceptors (Lipinski definition) is 5. The zero-order valence-corrected chi connectivity index (χ0v) is 14.3. The van der Waals surface area contributed by atoms with Gasteiger partial charge in [0.2, 0.25) is 0 Å². The average molecular weight is 394 g/mol. The minimum Gasteiger partial charge on any atom is -0.368 e. The zero-order chi connectivity index (χ0) is 19.6. The van der Waals surface area contributed by atoms with Crippen molar-refractivity contribution < 1.29 is 13.2 Å². The van der Waals surface area contributed by atoms with Crippen molar-refractivity contribution in [2.24, 2.45) is 0 Å². The third-order valence-corrected chi connectivity index (χ3v) is 3.97. The van der Waals surface area contributed by atoms with E-state index in [0.717, 1.165) is 10.6 Å². The van der Waals surface area contributed by atoms with Crippen molar-refractivity contribution >= 4 is 28.5 Å². The molecule has 3 aromatic rings. The van der Waals surface area contributed by atoms with Gasteiger partial charge in [-0.15, -0.1) is 0 Å². The number of halogens is 4. The Labute approximate surface area is 155 Å². The van der Waals surface area contributed by atoms with Gasteiger partial charge in [-0.2, -0.15) is 23.4 Å². The van der Waals surface area contributed by atoms with E-state index < -0.39 is 17.6 Å². The van der Waals surface area contributed by atoms with Crippen molar-refractivity contribution in [3.8, 4) is 11.8 Å². The smallest absolute Gasteiger partial charge is 0.368 e. The maximum absolute atomic E-state index is 13.1. The van der Waals surface area contributed by atoms with Crippen LogP contribution >= 0.6 is 11.6 Å². The van der Waals surface area contributed by atoms with Crippen LogP contribution in [0.15, 0.2) is 41.2 Å². The van der Waals surface area contributed by atoms with Gasteiger partial charge in [0.15, 0.2) is 5.65 Å². The second-order valence-corrected chi connectivity index (χ2v) is 5.84. The molecular weight excluding hydrogens is 383 g/mol. The Morgan fingerprint density at radius 2 is 1.93 bits per heavy atom. The number of aromatic nitrogens is 3. The summed E-state index contributed by atoms with van der Waals surface area (Å²) in [7, 11) is 0. The van der Waals surface area contributed by atoms with E-state index in [4.69, 9.17) is 16.9 Å². The molecule has 10 heteroatoms. The van der Waals surface area contributed by atoms with Gasteiger partial charge in [-0.1, -0.05) is 23.7 Å². The number of fused-ring (bicyclic) bond motifs is 1. The largest absolute Gasteiger partial charge is 0.433 e. The summed E-state index contributed by atoms with van der Waals surface area (Å²) in [4.78, 5) is 20.1. The first kappa shape index (κ1) is 18.7. The third kappa shape index (κ3) is 3.71. The van der Waals surface area contributed by atoms with Crippen LogP contribution < -0.4 is 11.0 Å². The van der Waals surface area contributed by atoms with Crippen molar-refractivity contribution in [2.45, 2.75) is 12.6 Å². The lowest BCUT2D eigenvalue weighted by Gasteiger charge is -2.15. The fraction of sp³-hybridized carbons (Fsp3) is 0.176. The van der Waals surface area contributed by atoms with Crippen LogP contribution in [0, 0.1) is 11.3 Å². The average Bonchev–Trinajstić information content (AvgIpc) is 2.62. The van der Waals surface area contributed by atoms with E-state index in [1.807, 2.05) is 6.07 Å². The topological polar surface area (TPSA) is 83.6 Å². The van der Waals surface area contributed by atoms with Crippen LogP contribution in [0.2, 0.25) is 5.02 Å². The van der Waals surface area contributed by atoms with Gasteiger partial charge in [0.1, 0.15) is 11.5 Å². The summed E-state index contributed by atoms with van der Waals surface area (Å²) in [5, 5.41) is 11.8. The summed E-state index contributed by atoms with van der Waals surface area (Å²) < 4.78 is 40.3. The molecule has 27 heavy (non-hydrogen) atoms. The first-order valence-electron chi connectivity index (χ1n) is 7.69. The van der Waals surface area contributed by atoms with Crippen molar-refractivity contribution in [1.82, 2.24) is 14.5 Å². The molecule has 0 bridgehead atoms. The van der Waals surface area contributed by atoms with Gasteiger partial charge >= 0.3 is 11.9 Å². The van der Waals surface area contributed by atoms with Crippen molar-refractivity contribution in [3.05, 3.63) is 57.6 Å². The molecule has 0 unspecified atom stereocenters. The molecule has 3 rings (SSSR count). The molecule has 0 fully saturated rings. The van der Waals surface area contributed by atoms with Gasteiger partial charge in [-0.3, -0.25) is 0 Å². The van der Waals surface area contributed by atoms with Gasteiger partial charge in [0.25, 0.3) is 0 Å². The molecule has 2 aromatic heterocycles. The number of nitrogens with zero attached hydrogens (tertiary/aromatic N) is 4. The molecule has 138 valence electrons. The Bertz CT molecular complexity index is 1100. The molecule has 1 N–H and O–H groups in total. The van der Waals surface area contributed by atoms with Gasteiger partial charge in [0, 0.05) is 6.54 Å². The molecule has 0 amide bonds. The summed E-state index contributed by atoms with van der Waals surface area (Å²) in [6.07, 6.45) is -4.56. The van der Waals surface area contributed by atoms with Crippen LogP contribution in [0.3, 0.4) is 0 Å². The normalized spacial score (nSPS) is 11.4. The minimum atomic E-state index is -4.69. The predicted molar refractivity (Wildman–Crippen MR) is 93.9 cm³/mol. The Kier molecular flexibility index (Phi) is 5.01. The lowest BCUT2D eigenvalue weighted by Crippen LogP contribution is -2.25. The second-order valence-electron chi connectivity index (χ2n) is 5.43. The highest BCUT2D eigenvalue weighted by Gasteiger charge is 2.33. The summed E-state index contributed by atoms with van der Waals surface area (Å²) in [6, 6.07) is 10.1. The van der Waals surface area contributed by atoms with E-state index in [1.165, 1.54) is 18.2 Å². The van der Waals surface area contributed by atoms with E-state index in [2.05, 4.69) is 15.3 Å². The Hall–Kier alpha value is -3.12. The number of nitrogens with one attached hydrogen (secondary N) is 1. The quantitative estimate of drug-likeness (QED) is 0.682. The molecule has 0 aliphatic rings. The van der Waals surface area contributed by atoms with E-state index in [-0.39, 0.29) is 40.5 Å². The second kappa shape index (κ2) is 7.25. The first-order chi connectivity index (χ1) is 12.8. The Morgan fingerprint density at radius 1 is 1.19 bits per heavy atom. The molecule has 0 saturated heterocycles. The fourth-order valence-electron chi connectivity index (χ4n) is 2.48. The molecule has 0 spiro atoms. The summed E-state index contributed by atoms with van der Waals surface area (Å²) in [5.74, 6) is 0.0507. The number of anilines is 1. The van der Waals surface area contributed by atoms with Gasteiger partial charge in [-0.05, 0) is 24.3 Å². The highest BCUT2D eigenvalue weighted by Crippen LogP contribution is 2.31. The van der Waals surface area contributed by atoms with Crippen LogP contribution in [0.1, 0.15) is 12.1 Å². The van der Waals surface area contributed by atoms with E-state index in [0.29, 0.717) is 0 Å². The molecule has 2 heterocycles. The van der Waals surface area contributed by atoms with E-state index >= 15 is 0 Å². The van der Waals surface area contributed by atoms with Crippen LogP contribution in [-0.2, 0) is 6.18 Å². The summed E-state index contributed by atoms with van der Waals surface area (Å²) >= 11 is 6.11. The standard InChI is InChI=1S/C17H11ClF3N5O/c18-11-4-1-2-5-12(11)26-15-10(6-7-13(24-15)17(19,20)21)14(25-16(26)27)23-9-3-8-22/h1-2,4-7H,3,9H2,(H,23,25,27). The molecule has 0 aliphatic carbocycles. The monoisotopic (exact) mass is 393 g/mol. The summed E-state index contributed by atoms with van der Waals surface area (Å²) in [5.41, 5.74) is -2.07. The van der Waals surface area contributed by atoms with Crippen molar-refractivity contribution in [2.75, 3.05) is 11.9 Å². The fourth-order valence-corrected chi connectivity index (χ4v) is 2.70. The van der Waals surface area contributed by atoms with E-state index in [1.54, 1.807) is 12.1 Å². The number of hydrogen-bond donors (Lipinski definition) is 1. The van der Waals surface area contributed by atoms with Crippen molar-refractivity contribution in [1.29, 1.82) is 5.26 Å². The molecule has 0 saturated carbocycles. The number of rotatable bonds is 4. The first-order valence-corrected chi connectivity index (χ1v) is 8.07. The minimum absolute atomic E-state index is 0.0507.